The van der Waals surface area contributed by atoms with Gasteiger partial charge in [-0.1, -0.05) is 72.8 Å². The number of non-ortho nitro benzene ring substituents is 1. The van der Waals surface area contributed by atoms with Crippen molar-refractivity contribution in [1.29, 1.82) is 5.26 Å². The number of nitro groups is 1. The van der Waals surface area contributed by atoms with Crippen LogP contribution in [-0.2, 0) is 26.2 Å². The Kier molecular flexibility index (Phi) is 6.18. The molecule has 0 spiro atoms. The van der Waals surface area contributed by atoms with Gasteiger partial charge < -0.3 is 0 Å². The van der Waals surface area contributed by atoms with Crippen LogP contribution in [0.4, 0.5) is 11.4 Å². The molecule has 214 valence electrons. The number of hydrazone groups is 1. The van der Waals surface area contributed by atoms with Crippen LogP contribution in [0.5, 0.6) is 0 Å². The average Bonchev–Trinajstić information content (AvgIpc) is 3.31. The number of hydrogen-bond acceptors (Lipinski definition) is 7. The van der Waals surface area contributed by atoms with Gasteiger partial charge in [-0.05, 0) is 39.9 Å². The lowest BCUT2D eigenvalue weighted by Crippen LogP contribution is -2.54. The molecule has 10 heteroatoms. The fraction of sp³-hybridized carbons (Fsp3) is 0.147. The highest BCUT2D eigenvalue weighted by atomic mass is 16.6. The molecular weight excluding hydrogens is 558 g/mol. The van der Waals surface area contributed by atoms with Gasteiger partial charge in [-0.25, -0.2) is 10.3 Å². The minimum Gasteiger partial charge on any atom is -0.274 e. The second kappa shape index (κ2) is 10.1. The van der Waals surface area contributed by atoms with E-state index in [-0.39, 0.29) is 35.2 Å². The smallest absolute Gasteiger partial charge is 0.269 e. The van der Waals surface area contributed by atoms with Gasteiger partial charge in [0.05, 0.1) is 39.8 Å². The Bertz CT molecular complexity index is 1910. The van der Waals surface area contributed by atoms with E-state index in [1.54, 1.807) is 30.5 Å². The van der Waals surface area contributed by atoms with Crippen molar-refractivity contribution in [3.05, 3.63) is 141 Å². The van der Waals surface area contributed by atoms with E-state index in [2.05, 4.69) is 16.6 Å². The number of nitrogens with one attached hydrogen (secondary N) is 1. The van der Waals surface area contributed by atoms with Crippen LogP contribution in [0.1, 0.15) is 39.3 Å². The Hall–Kier alpha value is -5.95. The summed E-state index contributed by atoms with van der Waals surface area (Å²) < 4.78 is 0. The van der Waals surface area contributed by atoms with Crippen molar-refractivity contribution in [2.75, 3.05) is 4.90 Å². The number of rotatable bonds is 6. The zero-order valence-corrected chi connectivity index (χ0v) is 23.1. The Morgan fingerprint density at radius 3 is 2.18 bits per heavy atom. The molecule has 3 aliphatic carbocycles. The van der Waals surface area contributed by atoms with Crippen molar-refractivity contribution in [3.8, 4) is 6.07 Å². The molecule has 1 heterocycles. The molecule has 0 saturated carbocycles. The van der Waals surface area contributed by atoms with E-state index >= 15 is 0 Å². The number of hydrogen-bond donors (Lipinski definition) is 1. The minimum absolute atomic E-state index is 0.0697. The summed E-state index contributed by atoms with van der Waals surface area (Å²) in [5, 5.41) is 25.1. The summed E-state index contributed by atoms with van der Waals surface area (Å²) in [6.45, 7) is 0. The molecule has 0 radical (unpaired) electrons. The average molecular weight is 582 g/mol. The number of nitrogens with zero attached hydrogens (tertiary/aromatic N) is 4. The number of para-hydroxylation sites is 1. The molecule has 8 rings (SSSR count). The summed E-state index contributed by atoms with van der Waals surface area (Å²) in [5.41, 5.74) is 5.81. The summed E-state index contributed by atoms with van der Waals surface area (Å²) in [6.07, 6.45) is 1.50. The summed E-state index contributed by atoms with van der Waals surface area (Å²) in [6, 6.07) is 29.7. The van der Waals surface area contributed by atoms with Gasteiger partial charge >= 0.3 is 0 Å². The largest absolute Gasteiger partial charge is 0.274 e. The van der Waals surface area contributed by atoms with Crippen LogP contribution in [0.2, 0.25) is 0 Å². The van der Waals surface area contributed by atoms with E-state index in [9.17, 15) is 29.8 Å². The first kappa shape index (κ1) is 26.9. The lowest BCUT2D eigenvalue weighted by molar-refractivity contribution is -0.384. The molecule has 3 amide bonds. The van der Waals surface area contributed by atoms with E-state index in [0.717, 1.165) is 27.2 Å². The van der Waals surface area contributed by atoms with Gasteiger partial charge in [0.1, 0.15) is 6.07 Å². The number of nitro benzene ring substituents is 1. The molecular formula is C34H23N5O5. The summed E-state index contributed by atoms with van der Waals surface area (Å²) in [7, 11) is 0. The Morgan fingerprint density at radius 2 is 1.55 bits per heavy atom. The maximum atomic E-state index is 14.4. The summed E-state index contributed by atoms with van der Waals surface area (Å²) in [4.78, 5) is 53.2. The van der Waals surface area contributed by atoms with Gasteiger partial charge in [0.25, 0.3) is 5.69 Å². The molecule has 10 nitrogen and oxygen atoms in total. The molecule has 2 bridgehead atoms. The highest BCUT2D eigenvalue weighted by Crippen LogP contribution is 2.63. The Labute approximate surface area is 251 Å². The molecule has 1 saturated heterocycles. The van der Waals surface area contributed by atoms with Crippen LogP contribution >= 0.6 is 0 Å². The van der Waals surface area contributed by atoms with Gasteiger partial charge in [-0.2, -0.15) is 10.4 Å². The van der Waals surface area contributed by atoms with Gasteiger partial charge in [0.15, 0.2) is 0 Å². The molecule has 2 unspecified atom stereocenters. The van der Waals surface area contributed by atoms with Gasteiger partial charge in [-0.15, -0.1) is 0 Å². The lowest BCUT2D eigenvalue weighted by Gasteiger charge is -2.52. The van der Waals surface area contributed by atoms with E-state index in [0.29, 0.717) is 5.56 Å². The molecule has 4 aromatic rings. The number of carbonyl (C=O) groups is 3. The second-order valence-corrected chi connectivity index (χ2v) is 11.1. The summed E-state index contributed by atoms with van der Waals surface area (Å²) >= 11 is 0. The number of nitriles is 1. The number of amides is 3. The van der Waals surface area contributed by atoms with Crippen LogP contribution < -0.4 is 10.3 Å². The molecule has 0 aromatic heterocycles. The second-order valence-electron chi connectivity index (χ2n) is 11.1. The highest BCUT2D eigenvalue weighted by molar-refractivity contribution is 6.25. The van der Waals surface area contributed by atoms with Crippen molar-refractivity contribution < 1.29 is 19.3 Å². The molecule has 1 fully saturated rings. The molecule has 4 aromatic carbocycles. The van der Waals surface area contributed by atoms with Crippen LogP contribution in [0, 0.1) is 33.3 Å². The van der Waals surface area contributed by atoms with Crippen LogP contribution in [0.25, 0.3) is 0 Å². The molecule has 1 aliphatic heterocycles. The van der Waals surface area contributed by atoms with E-state index in [1.165, 1.54) is 24.3 Å². The van der Waals surface area contributed by atoms with Crippen LogP contribution in [0.3, 0.4) is 0 Å². The molecule has 2 atom stereocenters. The van der Waals surface area contributed by atoms with E-state index in [4.69, 9.17) is 0 Å². The predicted octanol–water partition coefficient (Wildman–Crippen LogP) is 4.36. The van der Waals surface area contributed by atoms with Crippen LogP contribution in [-0.4, -0.2) is 28.9 Å². The Morgan fingerprint density at radius 1 is 0.932 bits per heavy atom. The zero-order valence-electron chi connectivity index (χ0n) is 23.1. The lowest BCUT2D eigenvalue weighted by atomic mass is 9.47. The van der Waals surface area contributed by atoms with Gasteiger partial charge in [0, 0.05) is 24.3 Å². The third kappa shape index (κ3) is 3.79. The number of imide groups is 1. The maximum Gasteiger partial charge on any atom is 0.269 e. The molecule has 1 N–H and O–H groups in total. The van der Waals surface area contributed by atoms with Crippen molar-refractivity contribution >= 4 is 35.3 Å². The van der Waals surface area contributed by atoms with Gasteiger partial charge in [0.2, 0.25) is 17.7 Å². The minimum atomic E-state index is -1.18. The first-order valence-electron chi connectivity index (χ1n) is 14.0. The standard InChI is InChI=1S/C34H23N5O5/c35-18-21-7-1-6-12-27(21)38-32(41)30-29-23-8-2-4-10-25(23)34(31(30)33(38)42,26-11-5-3-9-24(26)29)19-36-37-28(40)17-20-13-15-22(16-14-20)39(43)44/h1-16,19,29-31H,17H2,(H,37,40)/b36-19+. The van der Waals surface area contributed by atoms with E-state index in [1.807, 2.05) is 48.5 Å². The van der Waals surface area contributed by atoms with Crippen molar-refractivity contribution in [3.63, 3.8) is 0 Å². The Balaban J connectivity index is 1.32. The molecule has 44 heavy (non-hydrogen) atoms. The monoisotopic (exact) mass is 581 g/mol. The quantitative estimate of drug-likeness (QED) is 0.155. The third-order valence-electron chi connectivity index (χ3n) is 8.92. The first-order valence-corrected chi connectivity index (χ1v) is 14.0. The topological polar surface area (TPSA) is 146 Å². The normalized spacial score (nSPS) is 22.7. The van der Waals surface area contributed by atoms with Crippen LogP contribution in [0.15, 0.2) is 102 Å². The van der Waals surface area contributed by atoms with Crippen molar-refractivity contribution in [1.82, 2.24) is 5.43 Å². The molecule has 4 aliphatic rings. The third-order valence-corrected chi connectivity index (χ3v) is 8.92. The predicted molar refractivity (Wildman–Crippen MR) is 160 cm³/mol. The fourth-order valence-electron chi connectivity index (χ4n) is 7.22. The first-order chi connectivity index (χ1) is 21.4. The van der Waals surface area contributed by atoms with Crippen molar-refractivity contribution in [2.24, 2.45) is 16.9 Å². The van der Waals surface area contributed by atoms with Crippen molar-refractivity contribution in [2.45, 2.75) is 17.8 Å². The highest BCUT2D eigenvalue weighted by Gasteiger charge is 2.68. The summed E-state index contributed by atoms with van der Waals surface area (Å²) in [5.74, 6) is -3.26. The maximum absolute atomic E-state index is 14.4. The number of carbonyl (C=O) groups excluding carboxylic acids is 3. The van der Waals surface area contributed by atoms with Gasteiger partial charge in [-0.3, -0.25) is 24.5 Å². The number of anilines is 1. The van der Waals surface area contributed by atoms with E-state index < -0.39 is 34.0 Å². The SMILES string of the molecule is N#Cc1ccccc1N1C(=O)C2C3c4ccccc4C(/C=N/NC(=O)Cc4ccc([N+](=O)[O-])cc4)(c4ccccc43)C2C1=O. The number of benzene rings is 4. The zero-order chi connectivity index (χ0) is 30.6. The fourth-order valence-corrected chi connectivity index (χ4v) is 7.22.